The van der Waals surface area contributed by atoms with Crippen LogP contribution < -0.4 is 5.32 Å². The molecule has 0 radical (unpaired) electrons. The average Bonchev–Trinajstić information content (AvgIpc) is 2.36. The Balaban J connectivity index is 2.35. The number of carbonyl (C=O) groups is 1. The molecule has 0 saturated heterocycles. The van der Waals surface area contributed by atoms with E-state index in [2.05, 4.69) is 38.2 Å². The lowest BCUT2D eigenvalue weighted by Crippen LogP contribution is -2.28. The van der Waals surface area contributed by atoms with Crippen LogP contribution >= 0.6 is 0 Å². The van der Waals surface area contributed by atoms with Gasteiger partial charge in [-0.3, -0.25) is 4.79 Å². The molecule has 0 aliphatic rings. The number of nitrogens with one attached hydrogen (secondary N) is 1. The minimum Gasteiger partial charge on any atom is -0.341 e. The van der Waals surface area contributed by atoms with E-state index in [0.29, 0.717) is 19.0 Å². The molecule has 0 atom stereocenters. The van der Waals surface area contributed by atoms with Crippen molar-refractivity contribution < 1.29 is 4.79 Å². The van der Waals surface area contributed by atoms with Crippen molar-refractivity contribution in [3.63, 3.8) is 0 Å². The van der Waals surface area contributed by atoms with Crippen molar-refractivity contribution in [2.24, 2.45) is 0 Å². The fraction of sp³-hybridized carbons (Fsp3) is 0.562. The van der Waals surface area contributed by atoms with Gasteiger partial charge in [-0.05, 0) is 31.0 Å². The predicted molar refractivity (Wildman–Crippen MR) is 80.0 cm³/mol. The highest BCUT2D eigenvalue weighted by molar-refractivity contribution is 5.75. The Morgan fingerprint density at radius 3 is 2.63 bits per heavy atom. The van der Waals surface area contributed by atoms with Crippen molar-refractivity contribution >= 4 is 5.91 Å². The first-order valence-corrected chi connectivity index (χ1v) is 7.02. The van der Waals surface area contributed by atoms with Gasteiger partial charge in [-0.2, -0.15) is 0 Å². The monoisotopic (exact) mass is 262 g/mol. The van der Waals surface area contributed by atoms with Gasteiger partial charge >= 0.3 is 0 Å². The maximum atomic E-state index is 12.0. The lowest BCUT2D eigenvalue weighted by atomic mass is 10.1. The Bertz CT molecular complexity index is 401. The van der Waals surface area contributed by atoms with Crippen molar-refractivity contribution in [2.45, 2.75) is 46.2 Å². The van der Waals surface area contributed by atoms with Crippen molar-refractivity contribution in [3.8, 4) is 0 Å². The smallest absolute Gasteiger partial charge is 0.222 e. The third-order valence-corrected chi connectivity index (χ3v) is 3.21. The van der Waals surface area contributed by atoms with E-state index in [1.807, 2.05) is 24.1 Å². The average molecular weight is 262 g/mol. The number of benzene rings is 1. The Morgan fingerprint density at radius 1 is 1.32 bits per heavy atom. The van der Waals surface area contributed by atoms with Gasteiger partial charge < -0.3 is 10.2 Å². The number of amides is 1. The highest BCUT2D eigenvalue weighted by Crippen LogP contribution is 2.10. The van der Waals surface area contributed by atoms with Gasteiger partial charge in [-0.15, -0.1) is 0 Å². The number of carbonyl (C=O) groups excluding carboxylic acids is 1. The van der Waals surface area contributed by atoms with Crippen LogP contribution in [0.25, 0.3) is 0 Å². The van der Waals surface area contributed by atoms with Crippen LogP contribution in [0.2, 0.25) is 0 Å². The van der Waals surface area contributed by atoms with Gasteiger partial charge in [-0.1, -0.05) is 38.1 Å². The summed E-state index contributed by atoms with van der Waals surface area (Å²) >= 11 is 0. The molecule has 3 nitrogen and oxygen atoms in total. The van der Waals surface area contributed by atoms with E-state index in [1.54, 1.807) is 0 Å². The molecule has 106 valence electrons. The zero-order chi connectivity index (χ0) is 14.3. The van der Waals surface area contributed by atoms with Gasteiger partial charge in [0.15, 0.2) is 0 Å². The van der Waals surface area contributed by atoms with Crippen molar-refractivity contribution in [1.82, 2.24) is 10.2 Å². The molecule has 0 spiro atoms. The van der Waals surface area contributed by atoms with E-state index < -0.39 is 0 Å². The van der Waals surface area contributed by atoms with Gasteiger partial charge in [-0.25, -0.2) is 0 Å². The summed E-state index contributed by atoms with van der Waals surface area (Å²) in [5.41, 5.74) is 2.46. The second kappa shape index (κ2) is 7.95. The fourth-order valence-corrected chi connectivity index (χ4v) is 1.95. The summed E-state index contributed by atoms with van der Waals surface area (Å²) in [6.45, 7) is 7.92. The molecule has 1 aromatic carbocycles. The van der Waals surface area contributed by atoms with Crippen LogP contribution in [0.3, 0.4) is 0 Å². The summed E-state index contributed by atoms with van der Waals surface area (Å²) < 4.78 is 0. The number of hydrogen-bond acceptors (Lipinski definition) is 2. The molecule has 0 aliphatic heterocycles. The number of nitrogens with zero attached hydrogens (tertiary/aromatic N) is 1. The summed E-state index contributed by atoms with van der Waals surface area (Å²) in [6, 6.07) is 8.70. The van der Waals surface area contributed by atoms with Crippen LogP contribution in [-0.4, -0.2) is 30.4 Å². The molecule has 19 heavy (non-hydrogen) atoms. The summed E-state index contributed by atoms with van der Waals surface area (Å²) in [5, 5.41) is 3.33. The third kappa shape index (κ3) is 5.88. The topological polar surface area (TPSA) is 32.3 Å². The molecule has 0 aliphatic carbocycles. The Labute approximate surface area is 117 Å². The molecule has 0 heterocycles. The fourth-order valence-electron chi connectivity index (χ4n) is 1.95. The first kappa shape index (κ1) is 15.7. The minimum atomic E-state index is 0.216. The minimum absolute atomic E-state index is 0.216. The molecular weight excluding hydrogens is 236 g/mol. The summed E-state index contributed by atoms with van der Waals surface area (Å²) in [4.78, 5) is 13.8. The molecule has 0 unspecified atom stereocenters. The van der Waals surface area contributed by atoms with E-state index in [4.69, 9.17) is 0 Å². The maximum Gasteiger partial charge on any atom is 0.222 e. The molecule has 1 rings (SSSR count). The van der Waals surface area contributed by atoms with E-state index >= 15 is 0 Å². The van der Waals surface area contributed by atoms with Crippen molar-refractivity contribution in [3.05, 3.63) is 35.4 Å². The molecule has 0 aromatic heterocycles. The predicted octanol–water partition coefficient (Wildman–Crippen LogP) is 2.73. The van der Waals surface area contributed by atoms with Gasteiger partial charge in [0.25, 0.3) is 0 Å². The van der Waals surface area contributed by atoms with Gasteiger partial charge in [0.1, 0.15) is 0 Å². The Hall–Kier alpha value is -1.35. The first-order valence-electron chi connectivity index (χ1n) is 7.02. The molecule has 0 fully saturated rings. The molecule has 0 bridgehead atoms. The third-order valence-electron chi connectivity index (χ3n) is 3.21. The second-order valence-corrected chi connectivity index (χ2v) is 5.39. The molecule has 1 N–H and O–H groups in total. The zero-order valence-electron chi connectivity index (χ0n) is 12.6. The van der Waals surface area contributed by atoms with Crippen LogP contribution in [-0.2, 0) is 11.3 Å². The van der Waals surface area contributed by atoms with E-state index in [-0.39, 0.29) is 5.91 Å². The van der Waals surface area contributed by atoms with Crippen LogP contribution in [0, 0.1) is 6.92 Å². The Morgan fingerprint density at radius 2 is 2.00 bits per heavy atom. The zero-order valence-corrected chi connectivity index (χ0v) is 12.6. The van der Waals surface area contributed by atoms with Crippen LogP contribution in [0.4, 0.5) is 0 Å². The molecule has 0 saturated carbocycles. The van der Waals surface area contributed by atoms with E-state index in [0.717, 1.165) is 13.0 Å². The van der Waals surface area contributed by atoms with Gasteiger partial charge in [0.05, 0.1) is 0 Å². The summed E-state index contributed by atoms with van der Waals surface area (Å²) in [6.07, 6.45) is 1.51. The quantitative estimate of drug-likeness (QED) is 0.766. The maximum absolute atomic E-state index is 12.0. The normalized spacial score (nSPS) is 10.8. The van der Waals surface area contributed by atoms with Crippen molar-refractivity contribution in [1.29, 1.82) is 0 Å². The molecule has 3 heteroatoms. The highest BCUT2D eigenvalue weighted by atomic mass is 16.2. The lowest BCUT2D eigenvalue weighted by Gasteiger charge is -2.18. The second-order valence-electron chi connectivity index (χ2n) is 5.39. The van der Waals surface area contributed by atoms with Crippen LogP contribution in [0.5, 0.6) is 0 Å². The SMILES string of the molecule is Cc1ccccc1CN(C)C(=O)CCCNC(C)C. The Kier molecular flexibility index (Phi) is 6.57. The number of hydrogen-bond donors (Lipinski definition) is 1. The lowest BCUT2D eigenvalue weighted by molar-refractivity contribution is -0.130. The van der Waals surface area contributed by atoms with Crippen LogP contribution in [0.15, 0.2) is 24.3 Å². The van der Waals surface area contributed by atoms with Crippen LogP contribution in [0.1, 0.15) is 37.8 Å². The standard InChI is InChI=1S/C16H26N2O/c1-13(2)17-11-7-10-16(19)18(4)12-15-9-6-5-8-14(15)3/h5-6,8-9,13,17H,7,10-12H2,1-4H3. The summed E-state index contributed by atoms with van der Waals surface area (Å²) in [7, 11) is 1.88. The molecule has 1 aromatic rings. The van der Waals surface area contributed by atoms with E-state index in [9.17, 15) is 4.79 Å². The summed E-state index contributed by atoms with van der Waals surface area (Å²) in [5.74, 6) is 0.216. The van der Waals surface area contributed by atoms with E-state index in [1.165, 1.54) is 11.1 Å². The van der Waals surface area contributed by atoms with Gasteiger partial charge in [0.2, 0.25) is 5.91 Å². The number of rotatable bonds is 7. The number of aryl methyl sites for hydroxylation is 1. The molecule has 1 amide bonds. The van der Waals surface area contributed by atoms with Gasteiger partial charge in [0, 0.05) is 26.1 Å². The first-order chi connectivity index (χ1) is 9.00. The highest BCUT2D eigenvalue weighted by Gasteiger charge is 2.09. The molecular formula is C16H26N2O. The van der Waals surface area contributed by atoms with Crippen molar-refractivity contribution in [2.75, 3.05) is 13.6 Å². The largest absolute Gasteiger partial charge is 0.341 e.